The van der Waals surface area contributed by atoms with Crippen molar-refractivity contribution in [2.75, 3.05) is 39.4 Å². The average Bonchev–Trinajstić information content (AvgIpc) is 3.19. The molecule has 2 saturated heterocycles. The van der Waals surface area contributed by atoms with Crippen LogP contribution >= 0.6 is 15.9 Å². The zero-order chi connectivity index (χ0) is 20.5. The van der Waals surface area contributed by atoms with Crippen molar-refractivity contribution in [3.63, 3.8) is 0 Å². The maximum absolute atomic E-state index is 13.0. The monoisotopic (exact) mass is 469 g/mol. The van der Waals surface area contributed by atoms with Gasteiger partial charge in [-0.1, -0.05) is 12.1 Å². The summed E-state index contributed by atoms with van der Waals surface area (Å²) in [6.07, 6.45) is 3.80. The number of hydrogen-bond donors (Lipinski definition) is 0. The van der Waals surface area contributed by atoms with Crippen LogP contribution in [0.2, 0.25) is 0 Å². The molecule has 8 heteroatoms. The Morgan fingerprint density at radius 2 is 1.73 bits per heavy atom. The molecule has 0 N–H and O–H groups in total. The second-order valence-electron chi connectivity index (χ2n) is 7.82. The fourth-order valence-corrected chi connectivity index (χ4v) is 4.71. The predicted octanol–water partition coefficient (Wildman–Crippen LogP) is 3.10. The fraction of sp³-hybridized carbons (Fsp3) is 0.409. The summed E-state index contributed by atoms with van der Waals surface area (Å²) >= 11 is 3.46. The molecule has 5 rings (SSSR count). The van der Waals surface area contributed by atoms with E-state index in [0.717, 1.165) is 79.3 Å². The van der Waals surface area contributed by atoms with Gasteiger partial charge in [0, 0.05) is 43.3 Å². The van der Waals surface area contributed by atoms with Crippen LogP contribution in [-0.4, -0.2) is 75.7 Å². The van der Waals surface area contributed by atoms with Crippen LogP contribution in [0.4, 0.5) is 0 Å². The van der Waals surface area contributed by atoms with Gasteiger partial charge in [0.1, 0.15) is 4.60 Å². The van der Waals surface area contributed by atoms with Crippen molar-refractivity contribution in [1.82, 2.24) is 24.4 Å². The van der Waals surface area contributed by atoms with Crippen molar-refractivity contribution >= 4 is 27.5 Å². The van der Waals surface area contributed by atoms with Gasteiger partial charge in [0.15, 0.2) is 5.65 Å². The third-order valence-electron chi connectivity index (χ3n) is 6.06. The first-order chi connectivity index (χ1) is 14.7. The van der Waals surface area contributed by atoms with Gasteiger partial charge in [-0.2, -0.15) is 5.10 Å². The first kappa shape index (κ1) is 19.7. The van der Waals surface area contributed by atoms with Crippen LogP contribution in [0.15, 0.2) is 47.2 Å². The molecule has 2 aromatic heterocycles. The summed E-state index contributed by atoms with van der Waals surface area (Å²) in [5.41, 5.74) is 3.33. The number of piperidine rings is 1. The van der Waals surface area contributed by atoms with Crippen molar-refractivity contribution in [3.8, 4) is 11.3 Å². The minimum Gasteiger partial charge on any atom is -0.379 e. The molecule has 1 aromatic carbocycles. The Hall–Kier alpha value is -2.29. The molecule has 4 heterocycles. The summed E-state index contributed by atoms with van der Waals surface area (Å²) in [7, 11) is 0. The van der Waals surface area contributed by atoms with E-state index < -0.39 is 0 Å². The number of morpholine rings is 1. The molecule has 0 spiro atoms. The molecule has 0 unspecified atom stereocenters. The number of nitrogens with zero attached hydrogens (tertiary/aromatic N) is 5. The number of hydrogen-bond acceptors (Lipinski definition) is 5. The number of likely N-dealkylation sites (tertiary alicyclic amines) is 1. The second-order valence-corrected chi connectivity index (χ2v) is 8.63. The predicted molar refractivity (Wildman–Crippen MR) is 117 cm³/mol. The van der Waals surface area contributed by atoms with E-state index in [1.807, 2.05) is 41.3 Å². The molecule has 0 radical (unpaired) electrons. The third kappa shape index (κ3) is 3.87. The molecule has 2 aliphatic rings. The largest absolute Gasteiger partial charge is 0.379 e. The molecule has 1 amide bonds. The molecular formula is C22H24BrN5O2. The molecule has 2 fully saturated rings. The van der Waals surface area contributed by atoms with Crippen LogP contribution in [0, 0.1) is 0 Å². The number of carbonyl (C=O) groups excluding carboxylic acids is 1. The second kappa shape index (κ2) is 8.45. The topological polar surface area (TPSA) is 63.0 Å². The van der Waals surface area contributed by atoms with Gasteiger partial charge in [0.25, 0.3) is 5.91 Å². The van der Waals surface area contributed by atoms with Gasteiger partial charge >= 0.3 is 0 Å². The van der Waals surface area contributed by atoms with Gasteiger partial charge in [-0.15, -0.1) is 0 Å². The number of rotatable bonds is 3. The zero-order valence-corrected chi connectivity index (χ0v) is 18.3. The first-order valence-corrected chi connectivity index (χ1v) is 11.2. The lowest BCUT2D eigenvalue weighted by molar-refractivity contribution is 0.00159. The van der Waals surface area contributed by atoms with Gasteiger partial charge in [0.05, 0.1) is 25.1 Å². The van der Waals surface area contributed by atoms with Crippen molar-refractivity contribution in [3.05, 3.63) is 52.8 Å². The van der Waals surface area contributed by atoms with Gasteiger partial charge in [0.2, 0.25) is 0 Å². The number of halogens is 1. The quantitative estimate of drug-likeness (QED) is 0.589. The number of carbonyl (C=O) groups is 1. The van der Waals surface area contributed by atoms with Gasteiger partial charge in [-0.25, -0.2) is 9.50 Å². The van der Waals surface area contributed by atoms with E-state index in [1.165, 1.54) is 0 Å². The lowest BCUT2D eigenvalue weighted by Gasteiger charge is -2.40. The maximum Gasteiger partial charge on any atom is 0.253 e. The summed E-state index contributed by atoms with van der Waals surface area (Å²) in [4.78, 5) is 21.7. The van der Waals surface area contributed by atoms with Gasteiger partial charge in [-0.3, -0.25) is 9.69 Å². The molecule has 0 aliphatic carbocycles. The Morgan fingerprint density at radius 1 is 1.00 bits per heavy atom. The van der Waals surface area contributed by atoms with E-state index in [4.69, 9.17) is 4.74 Å². The summed E-state index contributed by atoms with van der Waals surface area (Å²) in [6, 6.07) is 12.2. The maximum atomic E-state index is 13.0. The van der Waals surface area contributed by atoms with Crippen molar-refractivity contribution < 1.29 is 9.53 Å². The standard InChI is InChI=1S/C22H24BrN5O2/c23-20-15-24-21-6-5-19(25-28(20)21)16-1-3-17(4-2-16)22(29)27-9-7-18(8-10-27)26-11-13-30-14-12-26/h1-6,15,18H,7-14H2. The van der Waals surface area contributed by atoms with Crippen molar-refractivity contribution in [2.24, 2.45) is 0 Å². The molecular weight excluding hydrogens is 446 g/mol. The minimum atomic E-state index is 0.114. The average molecular weight is 470 g/mol. The molecule has 0 atom stereocenters. The van der Waals surface area contributed by atoms with Crippen LogP contribution in [-0.2, 0) is 4.74 Å². The highest BCUT2D eigenvalue weighted by Crippen LogP contribution is 2.22. The van der Waals surface area contributed by atoms with Crippen LogP contribution in [0.3, 0.4) is 0 Å². The third-order valence-corrected chi connectivity index (χ3v) is 6.60. The van der Waals surface area contributed by atoms with E-state index in [9.17, 15) is 4.79 Å². The summed E-state index contributed by atoms with van der Waals surface area (Å²) < 4.78 is 8.02. The molecule has 30 heavy (non-hydrogen) atoms. The van der Waals surface area contributed by atoms with Crippen molar-refractivity contribution in [1.29, 1.82) is 0 Å². The Labute approximate surface area is 183 Å². The molecule has 0 saturated carbocycles. The summed E-state index contributed by atoms with van der Waals surface area (Å²) in [5.74, 6) is 0.114. The Morgan fingerprint density at radius 3 is 2.47 bits per heavy atom. The lowest BCUT2D eigenvalue weighted by Crippen LogP contribution is -2.50. The van der Waals surface area contributed by atoms with E-state index in [1.54, 1.807) is 10.7 Å². The lowest BCUT2D eigenvalue weighted by atomic mass is 10.0. The Bertz CT molecular complexity index is 1040. The van der Waals surface area contributed by atoms with E-state index in [-0.39, 0.29) is 5.91 Å². The van der Waals surface area contributed by atoms with E-state index in [0.29, 0.717) is 6.04 Å². The number of imidazole rings is 1. The zero-order valence-electron chi connectivity index (χ0n) is 16.7. The molecule has 0 bridgehead atoms. The molecule has 7 nitrogen and oxygen atoms in total. The highest BCUT2D eigenvalue weighted by molar-refractivity contribution is 9.10. The normalized spacial score (nSPS) is 18.8. The Balaban J connectivity index is 1.25. The van der Waals surface area contributed by atoms with Crippen LogP contribution in [0.1, 0.15) is 23.2 Å². The van der Waals surface area contributed by atoms with Crippen molar-refractivity contribution in [2.45, 2.75) is 18.9 Å². The molecule has 3 aromatic rings. The van der Waals surface area contributed by atoms with E-state index >= 15 is 0 Å². The van der Waals surface area contributed by atoms with Crippen LogP contribution < -0.4 is 0 Å². The summed E-state index contributed by atoms with van der Waals surface area (Å²) in [6.45, 7) is 5.30. The number of benzene rings is 1. The number of fused-ring (bicyclic) bond motifs is 1. The fourth-order valence-electron chi connectivity index (χ4n) is 4.34. The number of amides is 1. The first-order valence-electron chi connectivity index (χ1n) is 10.4. The smallest absolute Gasteiger partial charge is 0.253 e. The van der Waals surface area contributed by atoms with Gasteiger partial charge < -0.3 is 9.64 Å². The van der Waals surface area contributed by atoms with Crippen LogP contribution in [0.25, 0.3) is 16.9 Å². The highest BCUT2D eigenvalue weighted by atomic mass is 79.9. The van der Waals surface area contributed by atoms with Crippen LogP contribution in [0.5, 0.6) is 0 Å². The summed E-state index contributed by atoms with van der Waals surface area (Å²) in [5, 5.41) is 4.62. The number of aromatic nitrogens is 3. The molecule has 2 aliphatic heterocycles. The van der Waals surface area contributed by atoms with E-state index in [2.05, 4.69) is 30.9 Å². The molecule has 156 valence electrons. The van der Waals surface area contributed by atoms with Gasteiger partial charge in [-0.05, 0) is 53.0 Å². The highest BCUT2D eigenvalue weighted by Gasteiger charge is 2.28. The number of ether oxygens (including phenoxy) is 1. The minimum absolute atomic E-state index is 0.114. The SMILES string of the molecule is O=C(c1ccc(-c2ccc3ncc(Br)n3n2)cc1)N1CCC(N2CCOCC2)CC1. The Kier molecular flexibility index (Phi) is 5.54.